The van der Waals surface area contributed by atoms with Crippen LogP contribution < -0.4 is 10.1 Å². The molecule has 1 amide bonds. The third-order valence-corrected chi connectivity index (χ3v) is 3.72. The predicted octanol–water partition coefficient (Wildman–Crippen LogP) is 1.38. The van der Waals surface area contributed by atoms with Crippen molar-refractivity contribution >= 4 is 35.5 Å². The van der Waals surface area contributed by atoms with E-state index < -0.39 is 54.7 Å². The zero-order chi connectivity index (χ0) is 24.3. The Labute approximate surface area is 185 Å². The molecule has 176 valence electrons. The average molecular weight is 453 g/mol. The molecule has 0 aliphatic carbocycles. The van der Waals surface area contributed by atoms with Gasteiger partial charge in [0.1, 0.15) is 12.4 Å². The highest BCUT2D eigenvalue weighted by molar-refractivity contribution is 5.96. The number of hydrogen-bond acceptors (Lipinski definition) is 10. The first-order valence-electron chi connectivity index (χ1n) is 9.72. The Morgan fingerprint density at radius 3 is 1.84 bits per heavy atom. The molecule has 0 heterocycles. The lowest BCUT2D eigenvalue weighted by atomic mass is 10.1. The SMILES string of the molecule is CCOc1ccc(NC(=O)[C@H](OC(C)=O)[C@H](OC(C)=O)[C@H](COC(C)=O)OC(C)=O)cc1. The fourth-order valence-corrected chi connectivity index (χ4v) is 2.60. The average Bonchev–Trinajstić information content (AvgIpc) is 2.68. The van der Waals surface area contributed by atoms with Crippen LogP contribution in [0, 0.1) is 0 Å². The van der Waals surface area contributed by atoms with Crippen molar-refractivity contribution in [3.05, 3.63) is 24.3 Å². The molecule has 11 nitrogen and oxygen atoms in total. The highest BCUT2D eigenvalue weighted by Crippen LogP contribution is 2.19. The van der Waals surface area contributed by atoms with E-state index in [2.05, 4.69) is 5.32 Å². The molecule has 1 N–H and O–H groups in total. The lowest BCUT2D eigenvalue weighted by Gasteiger charge is -2.30. The standard InChI is InChI=1S/C21H27NO10/c1-6-28-17-9-7-16(8-10-17)22-21(27)20(32-15(5)26)19(31-14(4)25)18(30-13(3)24)11-29-12(2)23/h7-10,18-20H,6,11H2,1-5H3,(H,22,27)/t18-,19+,20+/m0/s1. The molecule has 0 aromatic heterocycles. The van der Waals surface area contributed by atoms with Gasteiger partial charge in [0.05, 0.1) is 6.61 Å². The highest BCUT2D eigenvalue weighted by Gasteiger charge is 2.42. The molecule has 0 spiro atoms. The summed E-state index contributed by atoms with van der Waals surface area (Å²) in [4.78, 5) is 59.1. The Kier molecular flexibility index (Phi) is 10.7. The summed E-state index contributed by atoms with van der Waals surface area (Å²) in [5, 5.41) is 2.53. The molecule has 0 unspecified atom stereocenters. The van der Waals surface area contributed by atoms with E-state index in [-0.39, 0.29) is 0 Å². The van der Waals surface area contributed by atoms with Crippen LogP contribution in [0.1, 0.15) is 34.6 Å². The van der Waals surface area contributed by atoms with Gasteiger partial charge in [-0.15, -0.1) is 0 Å². The normalized spacial score (nSPS) is 13.0. The van der Waals surface area contributed by atoms with E-state index in [1.165, 1.54) is 0 Å². The molecule has 1 aromatic carbocycles. The number of anilines is 1. The quantitative estimate of drug-likeness (QED) is 0.385. The largest absolute Gasteiger partial charge is 0.494 e. The van der Waals surface area contributed by atoms with E-state index in [0.29, 0.717) is 18.0 Å². The number of ether oxygens (including phenoxy) is 5. The monoisotopic (exact) mass is 453 g/mol. The molecular formula is C21H27NO10. The van der Waals surface area contributed by atoms with Crippen LogP contribution in [0.3, 0.4) is 0 Å². The lowest BCUT2D eigenvalue weighted by molar-refractivity contribution is -0.190. The number of carbonyl (C=O) groups excluding carboxylic acids is 5. The summed E-state index contributed by atoms with van der Waals surface area (Å²) in [6.07, 6.45) is -4.74. The van der Waals surface area contributed by atoms with Crippen LogP contribution in [0.5, 0.6) is 5.75 Å². The lowest BCUT2D eigenvalue weighted by Crippen LogP contribution is -2.52. The van der Waals surface area contributed by atoms with Crippen LogP contribution >= 0.6 is 0 Å². The summed E-state index contributed by atoms with van der Waals surface area (Å²) >= 11 is 0. The van der Waals surface area contributed by atoms with Crippen molar-refractivity contribution in [1.29, 1.82) is 0 Å². The van der Waals surface area contributed by atoms with E-state index in [1.54, 1.807) is 24.3 Å². The minimum Gasteiger partial charge on any atom is -0.494 e. The van der Waals surface area contributed by atoms with Crippen molar-refractivity contribution in [2.24, 2.45) is 0 Å². The Morgan fingerprint density at radius 2 is 1.38 bits per heavy atom. The molecule has 0 saturated carbocycles. The molecule has 3 atom stereocenters. The summed E-state index contributed by atoms with van der Waals surface area (Å²) in [6.45, 7) is 6.04. The van der Waals surface area contributed by atoms with Gasteiger partial charge in [0.15, 0.2) is 12.2 Å². The predicted molar refractivity (Wildman–Crippen MR) is 110 cm³/mol. The van der Waals surface area contributed by atoms with Gasteiger partial charge < -0.3 is 29.0 Å². The Morgan fingerprint density at radius 1 is 0.812 bits per heavy atom. The third-order valence-electron chi connectivity index (χ3n) is 3.72. The molecule has 0 aliphatic rings. The number of nitrogens with one attached hydrogen (secondary N) is 1. The topological polar surface area (TPSA) is 144 Å². The third kappa shape index (κ3) is 9.45. The van der Waals surface area contributed by atoms with Gasteiger partial charge in [-0.1, -0.05) is 0 Å². The first-order chi connectivity index (χ1) is 15.0. The van der Waals surface area contributed by atoms with E-state index in [0.717, 1.165) is 27.7 Å². The molecule has 0 aliphatic heterocycles. The van der Waals surface area contributed by atoms with Crippen LogP contribution in [-0.2, 0) is 42.9 Å². The van der Waals surface area contributed by atoms with Crippen molar-refractivity contribution in [3.8, 4) is 5.75 Å². The maximum Gasteiger partial charge on any atom is 0.303 e. The van der Waals surface area contributed by atoms with Crippen molar-refractivity contribution in [2.45, 2.75) is 52.9 Å². The van der Waals surface area contributed by atoms with Crippen LogP contribution in [-0.4, -0.2) is 61.3 Å². The number of benzene rings is 1. The van der Waals surface area contributed by atoms with Crippen LogP contribution in [0.15, 0.2) is 24.3 Å². The molecule has 0 saturated heterocycles. The van der Waals surface area contributed by atoms with Gasteiger partial charge in [-0.2, -0.15) is 0 Å². The second kappa shape index (κ2) is 12.9. The first kappa shape index (κ1) is 26.4. The van der Waals surface area contributed by atoms with Gasteiger partial charge in [0, 0.05) is 33.4 Å². The van der Waals surface area contributed by atoms with Crippen molar-refractivity contribution in [1.82, 2.24) is 0 Å². The molecule has 0 fully saturated rings. The van der Waals surface area contributed by atoms with Crippen molar-refractivity contribution in [3.63, 3.8) is 0 Å². The fourth-order valence-electron chi connectivity index (χ4n) is 2.60. The number of esters is 4. The van der Waals surface area contributed by atoms with Crippen LogP contribution in [0.2, 0.25) is 0 Å². The van der Waals surface area contributed by atoms with E-state index in [1.807, 2.05) is 6.92 Å². The van der Waals surface area contributed by atoms with Gasteiger partial charge in [0.25, 0.3) is 5.91 Å². The van der Waals surface area contributed by atoms with E-state index in [9.17, 15) is 24.0 Å². The Balaban J connectivity index is 3.23. The van der Waals surface area contributed by atoms with Gasteiger partial charge in [-0.25, -0.2) is 0 Å². The van der Waals surface area contributed by atoms with Gasteiger partial charge in [-0.3, -0.25) is 24.0 Å². The summed E-state index contributed by atoms with van der Waals surface area (Å²) in [5.74, 6) is -3.49. The molecule has 1 aromatic rings. The molecular weight excluding hydrogens is 426 g/mol. The summed E-state index contributed by atoms with van der Waals surface area (Å²) in [6, 6.07) is 6.34. The van der Waals surface area contributed by atoms with Gasteiger partial charge >= 0.3 is 23.9 Å². The van der Waals surface area contributed by atoms with Crippen molar-refractivity contribution < 1.29 is 47.7 Å². The highest BCUT2D eigenvalue weighted by atomic mass is 16.6. The number of rotatable bonds is 11. The van der Waals surface area contributed by atoms with Gasteiger partial charge in [0.2, 0.25) is 6.10 Å². The minimum atomic E-state index is -1.72. The van der Waals surface area contributed by atoms with Crippen LogP contribution in [0.4, 0.5) is 5.69 Å². The summed E-state index contributed by atoms with van der Waals surface area (Å²) in [5.41, 5.74) is 0.334. The fraction of sp³-hybridized carbons (Fsp3) is 0.476. The molecule has 1 rings (SSSR count). The number of amides is 1. The maximum absolute atomic E-state index is 13.0. The second-order valence-corrected chi connectivity index (χ2v) is 6.50. The number of hydrogen-bond donors (Lipinski definition) is 1. The molecule has 0 bridgehead atoms. The molecule has 11 heteroatoms. The zero-order valence-corrected chi connectivity index (χ0v) is 18.5. The first-order valence-corrected chi connectivity index (χ1v) is 9.72. The Hall–Kier alpha value is -3.63. The van der Waals surface area contributed by atoms with Gasteiger partial charge in [-0.05, 0) is 31.2 Å². The summed E-state index contributed by atoms with van der Waals surface area (Å²) < 4.78 is 25.5. The summed E-state index contributed by atoms with van der Waals surface area (Å²) in [7, 11) is 0. The molecule has 0 radical (unpaired) electrons. The van der Waals surface area contributed by atoms with Crippen LogP contribution in [0.25, 0.3) is 0 Å². The van der Waals surface area contributed by atoms with E-state index >= 15 is 0 Å². The number of carbonyl (C=O) groups is 5. The Bertz CT molecular complexity index is 820. The molecule has 32 heavy (non-hydrogen) atoms. The van der Waals surface area contributed by atoms with E-state index in [4.69, 9.17) is 23.7 Å². The zero-order valence-electron chi connectivity index (χ0n) is 18.5. The minimum absolute atomic E-state index is 0.334. The smallest absolute Gasteiger partial charge is 0.303 e. The second-order valence-electron chi connectivity index (χ2n) is 6.50. The maximum atomic E-state index is 13.0. The van der Waals surface area contributed by atoms with Crippen molar-refractivity contribution in [2.75, 3.05) is 18.5 Å².